The van der Waals surface area contributed by atoms with E-state index in [0.717, 1.165) is 0 Å². The Morgan fingerprint density at radius 3 is 2.00 bits per heavy atom. The fraction of sp³-hybridized carbons (Fsp3) is 0.429. The van der Waals surface area contributed by atoms with Gasteiger partial charge in [0.25, 0.3) is 0 Å². The molecule has 1 aliphatic heterocycles. The SMILES string of the molecule is C=C1CC(=O)OC1=O.CC. The summed E-state index contributed by atoms with van der Waals surface area (Å²) in [5.41, 5.74) is 0.245. The van der Waals surface area contributed by atoms with Crippen LogP contribution in [0.5, 0.6) is 0 Å². The smallest absolute Gasteiger partial charge is 0.341 e. The lowest BCUT2D eigenvalue weighted by atomic mass is 10.3. The van der Waals surface area contributed by atoms with Crippen molar-refractivity contribution in [3.8, 4) is 0 Å². The fourth-order valence-corrected chi connectivity index (χ4v) is 0.458. The standard InChI is InChI=1S/C5H4O3.C2H6/c1-3-2-4(6)8-5(3)7;1-2/h1-2H2;1-2H3. The van der Waals surface area contributed by atoms with E-state index in [1.807, 2.05) is 13.8 Å². The molecular weight excluding hydrogens is 132 g/mol. The van der Waals surface area contributed by atoms with E-state index in [-0.39, 0.29) is 12.0 Å². The molecule has 0 aromatic carbocycles. The van der Waals surface area contributed by atoms with Gasteiger partial charge in [-0.1, -0.05) is 20.4 Å². The lowest BCUT2D eigenvalue weighted by Crippen LogP contribution is -1.95. The highest BCUT2D eigenvalue weighted by Gasteiger charge is 2.24. The van der Waals surface area contributed by atoms with Crippen LogP contribution in [0.2, 0.25) is 0 Å². The number of hydrogen-bond donors (Lipinski definition) is 0. The lowest BCUT2D eigenvalue weighted by Gasteiger charge is -1.80. The predicted molar refractivity (Wildman–Crippen MR) is 36.2 cm³/mol. The quantitative estimate of drug-likeness (QED) is 0.288. The maximum Gasteiger partial charge on any atom is 0.341 e. The molecule has 0 radical (unpaired) electrons. The largest absolute Gasteiger partial charge is 0.389 e. The second-order valence-electron chi connectivity index (χ2n) is 1.54. The average molecular weight is 142 g/mol. The van der Waals surface area contributed by atoms with E-state index >= 15 is 0 Å². The van der Waals surface area contributed by atoms with Crippen LogP contribution in [0.4, 0.5) is 0 Å². The van der Waals surface area contributed by atoms with Crippen molar-refractivity contribution in [3.63, 3.8) is 0 Å². The fourth-order valence-electron chi connectivity index (χ4n) is 0.458. The normalized spacial score (nSPS) is 16.0. The zero-order chi connectivity index (χ0) is 8.15. The summed E-state index contributed by atoms with van der Waals surface area (Å²) in [7, 11) is 0. The third kappa shape index (κ3) is 2.01. The molecule has 3 nitrogen and oxygen atoms in total. The first-order valence-electron chi connectivity index (χ1n) is 3.13. The zero-order valence-corrected chi connectivity index (χ0v) is 6.14. The first-order valence-corrected chi connectivity index (χ1v) is 3.13. The molecule has 10 heavy (non-hydrogen) atoms. The molecule has 0 spiro atoms. The van der Waals surface area contributed by atoms with Crippen molar-refractivity contribution in [1.29, 1.82) is 0 Å². The molecule has 0 aromatic heterocycles. The van der Waals surface area contributed by atoms with Crippen molar-refractivity contribution in [2.75, 3.05) is 0 Å². The molecule has 1 aliphatic rings. The van der Waals surface area contributed by atoms with Crippen LogP contribution in [-0.4, -0.2) is 11.9 Å². The van der Waals surface area contributed by atoms with Crippen LogP contribution in [0.3, 0.4) is 0 Å². The molecule has 0 atom stereocenters. The third-order valence-electron chi connectivity index (χ3n) is 0.853. The monoisotopic (exact) mass is 142 g/mol. The van der Waals surface area contributed by atoms with E-state index in [9.17, 15) is 9.59 Å². The summed E-state index contributed by atoms with van der Waals surface area (Å²) in [6, 6.07) is 0. The van der Waals surface area contributed by atoms with E-state index in [0.29, 0.717) is 0 Å². The molecule has 1 rings (SSSR count). The van der Waals surface area contributed by atoms with E-state index in [4.69, 9.17) is 0 Å². The second kappa shape index (κ2) is 3.82. The maximum absolute atomic E-state index is 10.2. The number of rotatable bonds is 0. The van der Waals surface area contributed by atoms with Gasteiger partial charge >= 0.3 is 11.9 Å². The van der Waals surface area contributed by atoms with E-state index < -0.39 is 11.9 Å². The van der Waals surface area contributed by atoms with E-state index in [1.165, 1.54) is 0 Å². The highest BCUT2D eigenvalue weighted by Crippen LogP contribution is 2.10. The third-order valence-corrected chi connectivity index (χ3v) is 0.853. The van der Waals surface area contributed by atoms with Gasteiger partial charge in [-0.3, -0.25) is 4.79 Å². The Bertz CT molecular complexity index is 152. The van der Waals surface area contributed by atoms with Crippen LogP contribution in [-0.2, 0) is 14.3 Å². The molecule has 56 valence electrons. The van der Waals surface area contributed by atoms with Crippen molar-refractivity contribution in [2.45, 2.75) is 20.3 Å². The van der Waals surface area contributed by atoms with Gasteiger partial charge in [0, 0.05) is 5.57 Å². The number of carbonyl (C=O) groups excluding carboxylic acids is 2. The summed E-state index contributed by atoms with van der Waals surface area (Å²) in [5, 5.41) is 0. The maximum atomic E-state index is 10.2. The molecule has 0 unspecified atom stereocenters. The summed E-state index contributed by atoms with van der Waals surface area (Å²) in [5.74, 6) is -1.09. The molecule has 3 heteroatoms. The van der Waals surface area contributed by atoms with Gasteiger partial charge in [-0.05, 0) is 0 Å². The van der Waals surface area contributed by atoms with Gasteiger partial charge in [-0.15, -0.1) is 0 Å². The molecule has 0 aliphatic carbocycles. The van der Waals surface area contributed by atoms with Crippen molar-refractivity contribution in [1.82, 2.24) is 0 Å². The van der Waals surface area contributed by atoms with Crippen LogP contribution >= 0.6 is 0 Å². The van der Waals surface area contributed by atoms with Crippen molar-refractivity contribution in [2.24, 2.45) is 0 Å². The molecule has 1 saturated heterocycles. The number of esters is 2. The predicted octanol–water partition coefficient (Wildman–Crippen LogP) is 1.04. The molecule has 1 heterocycles. The van der Waals surface area contributed by atoms with Crippen LogP contribution in [0.25, 0.3) is 0 Å². The Kier molecular flexibility index (Phi) is 3.39. The van der Waals surface area contributed by atoms with Crippen LogP contribution in [0.15, 0.2) is 12.2 Å². The summed E-state index contributed by atoms with van der Waals surface area (Å²) in [4.78, 5) is 20.4. The zero-order valence-electron chi connectivity index (χ0n) is 6.14. The number of carbonyl (C=O) groups is 2. The van der Waals surface area contributed by atoms with Crippen molar-refractivity contribution >= 4 is 11.9 Å². The van der Waals surface area contributed by atoms with Gasteiger partial charge in [0.2, 0.25) is 0 Å². The van der Waals surface area contributed by atoms with Crippen LogP contribution in [0.1, 0.15) is 20.3 Å². The molecular formula is C7H10O3. The minimum Gasteiger partial charge on any atom is -0.389 e. The summed E-state index contributed by atoms with van der Waals surface area (Å²) in [6.45, 7) is 7.29. The Morgan fingerprint density at radius 2 is 1.90 bits per heavy atom. The number of hydrogen-bond acceptors (Lipinski definition) is 3. The minimum absolute atomic E-state index is 0.0544. The first-order chi connectivity index (χ1) is 4.70. The number of cyclic esters (lactones) is 2. The van der Waals surface area contributed by atoms with Crippen molar-refractivity contribution in [3.05, 3.63) is 12.2 Å². The van der Waals surface area contributed by atoms with E-state index in [2.05, 4.69) is 11.3 Å². The second-order valence-corrected chi connectivity index (χ2v) is 1.54. The molecule has 0 saturated carbocycles. The Balaban J connectivity index is 0.000000371. The molecule has 0 N–H and O–H groups in total. The van der Waals surface area contributed by atoms with Crippen molar-refractivity contribution < 1.29 is 14.3 Å². The topological polar surface area (TPSA) is 43.4 Å². The molecule has 1 fully saturated rings. The van der Waals surface area contributed by atoms with Gasteiger partial charge in [-0.2, -0.15) is 0 Å². The highest BCUT2D eigenvalue weighted by atomic mass is 16.6. The average Bonchev–Trinajstić information content (AvgIpc) is 2.16. The summed E-state index contributed by atoms with van der Waals surface area (Å²) < 4.78 is 4.10. The number of ether oxygens (including phenoxy) is 1. The van der Waals surface area contributed by atoms with Crippen LogP contribution in [0, 0.1) is 0 Å². The van der Waals surface area contributed by atoms with Gasteiger partial charge < -0.3 is 4.74 Å². The van der Waals surface area contributed by atoms with Gasteiger partial charge in [0.15, 0.2) is 0 Å². The van der Waals surface area contributed by atoms with Gasteiger partial charge in [0.05, 0.1) is 6.42 Å². The Labute approximate surface area is 59.7 Å². The van der Waals surface area contributed by atoms with E-state index in [1.54, 1.807) is 0 Å². The summed E-state index contributed by atoms with van der Waals surface area (Å²) in [6.07, 6.45) is 0.0544. The molecule has 0 amide bonds. The van der Waals surface area contributed by atoms with Gasteiger partial charge in [0.1, 0.15) is 0 Å². The first kappa shape index (κ1) is 8.88. The lowest BCUT2D eigenvalue weighted by molar-refractivity contribution is -0.151. The van der Waals surface area contributed by atoms with Crippen LogP contribution < -0.4 is 0 Å². The molecule has 0 bridgehead atoms. The highest BCUT2D eigenvalue weighted by molar-refractivity contribution is 6.05. The van der Waals surface area contributed by atoms with Gasteiger partial charge in [-0.25, -0.2) is 4.79 Å². The Morgan fingerprint density at radius 1 is 1.40 bits per heavy atom. The minimum atomic E-state index is -0.588. The Hall–Kier alpha value is -1.12. The summed E-state index contributed by atoms with van der Waals surface area (Å²) >= 11 is 0. The molecule has 0 aromatic rings.